The molecular weight excluding hydrogens is 274 g/mol. The number of nitrogens with zero attached hydrogens (tertiary/aromatic N) is 3. The lowest BCUT2D eigenvalue weighted by Gasteiger charge is -2.11. The first-order valence-electron chi connectivity index (χ1n) is 7.16. The summed E-state index contributed by atoms with van der Waals surface area (Å²) in [4.78, 5) is 15.4. The van der Waals surface area contributed by atoms with Gasteiger partial charge in [0, 0.05) is 19.8 Å². The summed E-state index contributed by atoms with van der Waals surface area (Å²) in [6, 6.07) is 12.1. The minimum atomic E-state index is -0.0604. The summed E-state index contributed by atoms with van der Waals surface area (Å²) in [5.74, 6) is 0. The molecule has 0 saturated carbocycles. The molecule has 2 rings (SSSR count). The Balaban J connectivity index is 2.08. The number of hydrogen-bond donors (Lipinski definition) is 0. The highest BCUT2D eigenvalue weighted by atomic mass is 16.2. The molecular formula is C18H22N3O+. The first-order chi connectivity index (χ1) is 10.5. The highest BCUT2D eigenvalue weighted by molar-refractivity contribution is 5.70. The van der Waals surface area contributed by atoms with Crippen LogP contribution in [0.25, 0.3) is 12.2 Å². The lowest BCUT2D eigenvalue weighted by molar-refractivity contribution is -0.577. The first-order valence-corrected chi connectivity index (χ1v) is 7.16. The summed E-state index contributed by atoms with van der Waals surface area (Å²) in [5, 5.41) is 0. The number of amides is 1. The van der Waals surface area contributed by atoms with Crippen molar-refractivity contribution in [2.24, 2.45) is 0 Å². The number of carbonyl (C=O) groups is 1. The van der Waals surface area contributed by atoms with Crippen LogP contribution in [-0.2, 0) is 0 Å². The maximum absolute atomic E-state index is 11.8. The third-order valence-electron chi connectivity index (χ3n) is 3.34. The molecule has 0 N–H and O–H groups in total. The molecule has 0 aliphatic carbocycles. The molecule has 2 aromatic rings. The van der Waals surface area contributed by atoms with Crippen LogP contribution < -0.4 is 9.47 Å². The Morgan fingerprint density at radius 3 is 1.82 bits per heavy atom. The van der Waals surface area contributed by atoms with Crippen molar-refractivity contribution >= 4 is 23.9 Å². The van der Waals surface area contributed by atoms with Crippen LogP contribution >= 0.6 is 0 Å². The van der Waals surface area contributed by atoms with E-state index in [-0.39, 0.29) is 6.03 Å². The van der Waals surface area contributed by atoms with Gasteiger partial charge in [0.05, 0.1) is 26.5 Å². The van der Waals surface area contributed by atoms with Crippen molar-refractivity contribution in [1.29, 1.82) is 0 Å². The normalized spacial score (nSPS) is 10.7. The molecule has 4 heteroatoms. The zero-order valence-electron chi connectivity index (χ0n) is 13.5. The number of pyridine rings is 1. The molecule has 0 spiro atoms. The molecule has 0 unspecified atom stereocenters. The van der Waals surface area contributed by atoms with Crippen LogP contribution in [0.4, 0.5) is 10.5 Å². The summed E-state index contributed by atoms with van der Waals surface area (Å²) in [6.45, 7) is 0. The van der Waals surface area contributed by atoms with Crippen LogP contribution in [-0.4, -0.2) is 39.1 Å². The molecule has 0 aliphatic rings. The SMILES string of the molecule is CN(C)C(=O)[n+]1ccc(C=Cc2ccc(N(C)C)cc2)cc1. The van der Waals surface area contributed by atoms with E-state index in [9.17, 15) is 4.79 Å². The molecule has 22 heavy (non-hydrogen) atoms. The summed E-state index contributed by atoms with van der Waals surface area (Å²) < 4.78 is 1.56. The Bertz CT molecular complexity index is 656. The van der Waals surface area contributed by atoms with Gasteiger partial charge in [0.2, 0.25) is 0 Å². The fourth-order valence-corrected chi connectivity index (χ4v) is 1.98. The Kier molecular flexibility index (Phi) is 4.94. The predicted molar refractivity (Wildman–Crippen MR) is 90.8 cm³/mol. The minimum absolute atomic E-state index is 0.0604. The number of benzene rings is 1. The second kappa shape index (κ2) is 6.89. The average molecular weight is 296 g/mol. The minimum Gasteiger partial charge on any atom is -0.378 e. The Labute approximate surface area is 131 Å². The monoisotopic (exact) mass is 296 g/mol. The highest BCUT2D eigenvalue weighted by Gasteiger charge is 2.14. The number of aromatic nitrogens is 1. The van der Waals surface area contributed by atoms with E-state index in [4.69, 9.17) is 0 Å². The third-order valence-corrected chi connectivity index (χ3v) is 3.34. The maximum Gasteiger partial charge on any atom is 0.497 e. The summed E-state index contributed by atoms with van der Waals surface area (Å²) >= 11 is 0. The molecule has 0 atom stereocenters. The van der Waals surface area contributed by atoms with Gasteiger partial charge >= 0.3 is 6.03 Å². The van der Waals surface area contributed by atoms with Gasteiger partial charge in [0.25, 0.3) is 0 Å². The summed E-state index contributed by atoms with van der Waals surface area (Å²) in [6.07, 6.45) is 7.65. The standard InChI is InChI=1S/C18H22N3O/c1-19(2)17-9-7-15(8-10-17)5-6-16-11-13-21(14-12-16)18(22)20(3)4/h5-14H,1-4H3/q+1. The molecule has 0 saturated heterocycles. The van der Waals surface area contributed by atoms with Crippen LogP contribution in [0.15, 0.2) is 48.8 Å². The molecule has 1 aromatic heterocycles. The molecule has 1 heterocycles. The Hall–Kier alpha value is -2.62. The first kappa shape index (κ1) is 15.8. The quantitative estimate of drug-likeness (QED) is 0.815. The highest BCUT2D eigenvalue weighted by Crippen LogP contribution is 2.14. The third kappa shape index (κ3) is 3.95. The number of anilines is 1. The number of carbonyl (C=O) groups excluding carboxylic acids is 1. The molecule has 4 nitrogen and oxygen atoms in total. The second-order valence-electron chi connectivity index (χ2n) is 5.54. The molecule has 0 radical (unpaired) electrons. The predicted octanol–water partition coefficient (Wildman–Crippen LogP) is 2.74. The van der Waals surface area contributed by atoms with E-state index in [1.165, 1.54) is 5.69 Å². The lowest BCUT2D eigenvalue weighted by Crippen LogP contribution is -2.48. The molecule has 0 bridgehead atoms. The van der Waals surface area contributed by atoms with Gasteiger partial charge in [-0.1, -0.05) is 24.3 Å². The topological polar surface area (TPSA) is 27.4 Å². The van der Waals surface area contributed by atoms with Crippen LogP contribution in [0.3, 0.4) is 0 Å². The zero-order chi connectivity index (χ0) is 16.1. The van der Waals surface area contributed by atoms with E-state index >= 15 is 0 Å². The van der Waals surface area contributed by atoms with Crippen molar-refractivity contribution in [3.05, 3.63) is 59.9 Å². The molecule has 0 aliphatic heterocycles. The maximum atomic E-state index is 11.8. The van der Waals surface area contributed by atoms with Gasteiger partial charge in [-0.15, -0.1) is 0 Å². The zero-order valence-corrected chi connectivity index (χ0v) is 13.5. The summed E-state index contributed by atoms with van der Waals surface area (Å²) in [7, 11) is 7.53. The fraction of sp³-hybridized carbons (Fsp3) is 0.222. The Morgan fingerprint density at radius 1 is 0.864 bits per heavy atom. The van der Waals surface area contributed by atoms with Crippen molar-refractivity contribution in [1.82, 2.24) is 4.90 Å². The van der Waals surface area contributed by atoms with E-state index in [0.29, 0.717) is 0 Å². The smallest absolute Gasteiger partial charge is 0.378 e. The fourth-order valence-electron chi connectivity index (χ4n) is 1.98. The van der Waals surface area contributed by atoms with Gasteiger partial charge in [-0.25, -0.2) is 4.90 Å². The van der Waals surface area contributed by atoms with E-state index in [1.807, 2.05) is 32.3 Å². The molecule has 114 valence electrons. The van der Waals surface area contributed by atoms with Gasteiger partial charge in [-0.2, -0.15) is 9.36 Å². The van der Waals surface area contributed by atoms with Crippen molar-refractivity contribution in [3.63, 3.8) is 0 Å². The van der Waals surface area contributed by atoms with E-state index in [1.54, 1.807) is 36.0 Å². The van der Waals surface area contributed by atoms with Gasteiger partial charge < -0.3 is 4.90 Å². The molecule has 0 fully saturated rings. The molecule has 1 aromatic carbocycles. The van der Waals surface area contributed by atoms with Crippen molar-refractivity contribution in [2.75, 3.05) is 33.1 Å². The van der Waals surface area contributed by atoms with Gasteiger partial charge in [0.1, 0.15) is 0 Å². The van der Waals surface area contributed by atoms with Crippen molar-refractivity contribution in [2.45, 2.75) is 0 Å². The summed E-state index contributed by atoms with van der Waals surface area (Å²) in [5.41, 5.74) is 3.38. The van der Waals surface area contributed by atoms with Gasteiger partial charge in [0.15, 0.2) is 0 Å². The van der Waals surface area contributed by atoms with Crippen LogP contribution in [0.5, 0.6) is 0 Å². The van der Waals surface area contributed by atoms with Crippen molar-refractivity contribution < 1.29 is 9.36 Å². The molecule has 1 amide bonds. The van der Waals surface area contributed by atoms with Crippen LogP contribution in [0, 0.1) is 0 Å². The van der Waals surface area contributed by atoms with Crippen molar-refractivity contribution in [3.8, 4) is 0 Å². The van der Waals surface area contributed by atoms with Crippen LogP contribution in [0.1, 0.15) is 11.1 Å². The second-order valence-corrected chi connectivity index (χ2v) is 5.54. The average Bonchev–Trinajstić information content (AvgIpc) is 2.53. The lowest BCUT2D eigenvalue weighted by atomic mass is 10.1. The van der Waals surface area contributed by atoms with Gasteiger partial charge in [-0.05, 0) is 35.4 Å². The van der Waals surface area contributed by atoms with E-state index in [2.05, 4.69) is 35.2 Å². The van der Waals surface area contributed by atoms with Crippen LogP contribution in [0.2, 0.25) is 0 Å². The number of rotatable bonds is 3. The Morgan fingerprint density at radius 2 is 1.36 bits per heavy atom. The van der Waals surface area contributed by atoms with E-state index in [0.717, 1.165) is 11.1 Å². The van der Waals surface area contributed by atoms with Gasteiger partial charge in [-0.3, -0.25) is 0 Å². The largest absolute Gasteiger partial charge is 0.497 e. The number of hydrogen-bond acceptors (Lipinski definition) is 2. The van der Waals surface area contributed by atoms with E-state index < -0.39 is 0 Å².